The Morgan fingerprint density at radius 3 is 1.22 bits per heavy atom. The number of aryl methyl sites for hydroxylation is 2. The van der Waals surface area contributed by atoms with Gasteiger partial charge in [-0.15, -0.1) is 0 Å². The molecule has 0 unspecified atom stereocenters. The zero-order valence-electron chi connectivity index (χ0n) is 29.7. The summed E-state index contributed by atoms with van der Waals surface area (Å²) in [4.78, 5) is 47.0. The highest BCUT2D eigenvalue weighted by Gasteiger charge is 2.46. The lowest BCUT2D eigenvalue weighted by molar-refractivity contribution is 0.0651. The molecule has 4 N–H and O–H groups in total. The summed E-state index contributed by atoms with van der Waals surface area (Å²) in [5, 5.41) is 38.3. The second-order valence-corrected chi connectivity index (χ2v) is 13.0. The Kier molecular flexibility index (Phi) is 9.42. The molecule has 0 heterocycles. The maximum absolute atomic E-state index is 11.9. The number of carbonyl (C=O) groups is 4. The van der Waals surface area contributed by atoms with Crippen LogP contribution in [0.4, 0.5) is 0 Å². The minimum Gasteiger partial charge on any atom is -0.478 e. The summed E-state index contributed by atoms with van der Waals surface area (Å²) in [7, 11) is 0. The van der Waals surface area contributed by atoms with E-state index in [2.05, 4.69) is 36.4 Å². The minimum atomic E-state index is -1.38. The summed E-state index contributed by atoms with van der Waals surface area (Å²) < 4.78 is 12.5. The van der Waals surface area contributed by atoms with Crippen molar-refractivity contribution < 1.29 is 49.1 Å². The molecule has 0 aliphatic heterocycles. The summed E-state index contributed by atoms with van der Waals surface area (Å²) in [5.74, 6) is -4.09. The molecule has 0 radical (unpaired) electrons. The fraction of sp³-hybridized carbons (Fsp3) is 0.111. The van der Waals surface area contributed by atoms with E-state index < -0.39 is 29.3 Å². The number of fused-ring (bicyclic) bond motifs is 3. The van der Waals surface area contributed by atoms with Crippen molar-refractivity contribution in [2.75, 3.05) is 0 Å². The van der Waals surface area contributed by atoms with Crippen LogP contribution in [0.25, 0.3) is 11.1 Å². The van der Waals surface area contributed by atoms with Crippen LogP contribution < -0.4 is 9.47 Å². The molecule has 6 aromatic carbocycles. The van der Waals surface area contributed by atoms with E-state index in [9.17, 15) is 39.6 Å². The van der Waals surface area contributed by atoms with Gasteiger partial charge in [-0.3, -0.25) is 0 Å². The average Bonchev–Trinajstić information content (AvgIpc) is 3.49. The minimum absolute atomic E-state index is 0.187. The van der Waals surface area contributed by atoms with E-state index >= 15 is 0 Å². The van der Waals surface area contributed by atoms with Crippen LogP contribution in [0.3, 0.4) is 0 Å². The third-order valence-electron chi connectivity index (χ3n) is 10.1. The van der Waals surface area contributed by atoms with Crippen molar-refractivity contribution in [3.05, 3.63) is 177 Å². The molecule has 0 fully saturated rings. The molecule has 55 heavy (non-hydrogen) atoms. The van der Waals surface area contributed by atoms with E-state index in [1.54, 1.807) is 0 Å². The molecule has 0 amide bonds. The van der Waals surface area contributed by atoms with E-state index in [1.165, 1.54) is 36.4 Å². The lowest BCUT2D eigenvalue weighted by Gasteiger charge is -2.35. The third kappa shape index (κ3) is 6.23. The van der Waals surface area contributed by atoms with Gasteiger partial charge in [0, 0.05) is 0 Å². The number of rotatable bonds is 12. The maximum Gasteiger partial charge on any atom is 0.336 e. The Bertz CT molecular complexity index is 2370. The van der Waals surface area contributed by atoms with Crippen molar-refractivity contribution in [3.63, 3.8) is 0 Å². The molecule has 7 rings (SSSR count). The van der Waals surface area contributed by atoms with Gasteiger partial charge in [0.15, 0.2) is 0 Å². The molecule has 10 heteroatoms. The summed E-state index contributed by atoms with van der Waals surface area (Å²) >= 11 is 0. The molecule has 0 atom stereocenters. The van der Waals surface area contributed by atoms with Crippen LogP contribution in [0.1, 0.15) is 88.7 Å². The number of carboxylic acids is 4. The monoisotopic (exact) mass is 734 g/mol. The standard InChI is InChI=1S/C45H34O10/c1-3-25-21-27(13-19-39(25)54-29-15-17-33(41(46)47)35(23-29)43(50)51)45(37-11-7-5-9-31(37)32-10-6-8-12-38(32)45)28-14-20-40(26(4-2)22-28)55-30-16-18-34(42(48)49)36(24-30)44(52)53/h5-24H,3-4H2,1-2H3,(H,46,47)(H,48,49)(H,50,51)(H,52,53). The van der Waals surface area contributed by atoms with Crippen molar-refractivity contribution in [3.8, 4) is 34.1 Å². The number of hydrogen-bond acceptors (Lipinski definition) is 6. The Balaban J connectivity index is 1.38. The predicted octanol–water partition coefficient (Wildman–Crippen LogP) is 9.55. The van der Waals surface area contributed by atoms with Gasteiger partial charge in [0.1, 0.15) is 23.0 Å². The maximum atomic E-state index is 11.9. The van der Waals surface area contributed by atoms with Gasteiger partial charge in [0.05, 0.1) is 27.7 Å². The largest absolute Gasteiger partial charge is 0.478 e. The Hall–Kier alpha value is -7.20. The first kappa shape index (κ1) is 36.2. The van der Waals surface area contributed by atoms with Gasteiger partial charge in [-0.1, -0.05) is 86.6 Å². The van der Waals surface area contributed by atoms with Crippen LogP contribution in [0.2, 0.25) is 0 Å². The van der Waals surface area contributed by atoms with Crippen LogP contribution in [-0.4, -0.2) is 44.3 Å². The SMILES string of the molecule is CCc1cc(C2(c3ccc(Oc4ccc(C(=O)O)c(C(=O)O)c4)c(CC)c3)c3ccccc3-c3ccccc32)ccc1Oc1ccc(C(=O)O)c(C(=O)O)c1. The van der Waals surface area contributed by atoms with E-state index in [1.807, 2.05) is 62.4 Å². The number of hydrogen-bond donors (Lipinski definition) is 4. The molecule has 1 aliphatic rings. The van der Waals surface area contributed by atoms with Crippen LogP contribution in [0.5, 0.6) is 23.0 Å². The number of aromatic carboxylic acids is 4. The van der Waals surface area contributed by atoms with Gasteiger partial charge in [-0.2, -0.15) is 0 Å². The van der Waals surface area contributed by atoms with E-state index in [0.29, 0.717) is 24.3 Å². The number of carboxylic acid groups (broad SMARTS) is 4. The Labute approximate surface area is 315 Å². The van der Waals surface area contributed by atoms with Crippen molar-refractivity contribution in [1.29, 1.82) is 0 Å². The van der Waals surface area contributed by atoms with Crippen molar-refractivity contribution >= 4 is 23.9 Å². The number of ether oxygens (including phenoxy) is 2. The molecule has 0 saturated heterocycles. The fourth-order valence-corrected chi connectivity index (χ4v) is 7.56. The van der Waals surface area contributed by atoms with Crippen LogP contribution >= 0.6 is 0 Å². The molecule has 0 spiro atoms. The average molecular weight is 735 g/mol. The summed E-state index contributed by atoms with van der Waals surface area (Å²) in [6.45, 7) is 3.98. The summed E-state index contributed by atoms with van der Waals surface area (Å²) in [6, 6.07) is 36.1. The Morgan fingerprint density at radius 2 is 0.855 bits per heavy atom. The normalized spacial score (nSPS) is 12.3. The highest BCUT2D eigenvalue weighted by Crippen LogP contribution is 2.57. The molecule has 0 saturated carbocycles. The zero-order valence-corrected chi connectivity index (χ0v) is 29.7. The van der Waals surface area contributed by atoms with Crippen molar-refractivity contribution in [1.82, 2.24) is 0 Å². The van der Waals surface area contributed by atoms with Crippen LogP contribution in [-0.2, 0) is 18.3 Å². The topological polar surface area (TPSA) is 168 Å². The van der Waals surface area contributed by atoms with Gasteiger partial charge in [0.2, 0.25) is 0 Å². The van der Waals surface area contributed by atoms with E-state index in [-0.39, 0.29) is 33.8 Å². The Morgan fingerprint density at radius 1 is 0.473 bits per heavy atom. The van der Waals surface area contributed by atoms with Crippen LogP contribution in [0, 0.1) is 0 Å². The van der Waals surface area contributed by atoms with Gasteiger partial charge in [-0.05, 0) is 106 Å². The first-order valence-corrected chi connectivity index (χ1v) is 17.5. The zero-order chi connectivity index (χ0) is 39.0. The fourth-order valence-electron chi connectivity index (χ4n) is 7.56. The first-order chi connectivity index (χ1) is 26.5. The van der Waals surface area contributed by atoms with Crippen molar-refractivity contribution in [2.45, 2.75) is 32.1 Å². The van der Waals surface area contributed by atoms with Gasteiger partial charge in [0.25, 0.3) is 0 Å². The highest BCUT2D eigenvalue weighted by atomic mass is 16.5. The van der Waals surface area contributed by atoms with Crippen molar-refractivity contribution in [2.24, 2.45) is 0 Å². The second kappa shape index (κ2) is 14.3. The predicted molar refractivity (Wildman–Crippen MR) is 203 cm³/mol. The number of benzene rings is 6. The van der Waals surface area contributed by atoms with Crippen LogP contribution in [0.15, 0.2) is 121 Å². The summed E-state index contributed by atoms with van der Waals surface area (Å²) in [6.07, 6.45) is 1.13. The first-order valence-electron chi connectivity index (χ1n) is 17.5. The lowest BCUT2D eigenvalue weighted by Crippen LogP contribution is -2.29. The molecule has 10 nitrogen and oxygen atoms in total. The van der Waals surface area contributed by atoms with Gasteiger partial charge < -0.3 is 29.9 Å². The molecular weight excluding hydrogens is 700 g/mol. The molecule has 0 bridgehead atoms. The molecular formula is C45H34O10. The lowest BCUT2D eigenvalue weighted by atomic mass is 9.67. The van der Waals surface area contributed by atoms with Gasteiger partial charge in [-0.25, -0.2) is 19.2 Å². The molecule has 1 aliphatic carbocycles. The second-order valence-electron chi connectivity index (χ2n) is 13.0. The van der Waals surface area contributed by atoms with E-state index in [0.717, 1.165) is 44.5 Å². The van der Waals surface area contributed by atoms with E-state index in [4.69, 9.17) is 9.47 Å². The molecule has 274 valence electrons. The molecule has 0 aromatic heterocycles. The van der Waals surface area contributed by atoms with Gasteiger partial charge >= 0.3 is 23.9 Å². The molecule has 6 aromatic rings. The summed E-state index contributed by atoms with van der Waals surface area (Å²) in [5.41, 5.74) is 5.63. The highest BCUT2D eigenvalue weighted by molar-refractivity contribution is 6.02. The quantitative estimate of drug-likeness (QED) is 0.0949. The third-order valence-corrected chi connectivity index (χ3v) is 10.1. The smallest absolute Gasteiger partial charge is 0.336 e.